The van der Waals surface area contributed by atoms with Crippen molar-refractivity contribution >= 4 is 36.2 Å². The molecule has 0 aliphatic rings. The van der Waals surface area contributed by atoms with Gasteiger partial charge in [0.15, 0.2) is 0 Å². The first-order chi connectivity index (χ1) is 8.31. The third kappa shape index (κ3) is 4.96. The van der Waals surface area contributed by atoms with Crippen molar-refractivity contribution in [2.24, 2.45) is 11.7 Å². The van der Waals surface area contributed by atoms with Gasteiger partial charge in [0, 0.05) is 11.4 Å². The van der Waals surface area contributed by atoms with E-state index >= 15 is 0 Å². The Bertz CT molecular complexity index is 426. The highest BCUT2D eigenvalue weighted by atomic mass is 35.5. The number of nitrogens with one attached hydrogen (secondary N) is 2. The second-order valence-corrected chi connectivity index (χ2v) is 3.86. The molecular weight excluding hydrogens is 283 g/mol. The van der Waals surface area contributed by atoms with E-state index in [1.165, 1.54) is 11.1 Å². The Balaban J connectivity index is 0.00000162. The lowest BCUT2D eigenvalue weighted by atomic mass is 10.0. The molecule has 0 fully saturated rings. The second kappa shape index (κ2) is 8.61. The minimum absolute atomic E-state index is 0. The van der Waals surface area contributed by atoms with Crippen molar-refractivity contribution in [3.8, 4) is 0 Å². The lowest BCUT2D eigenvalue weighted by Gasteiger charge is -2.05. The van der Waals surface area contributed by atoms with Crippen molar-refractivity contribution < 1.29 is 0 Å². The fourth-order valence-electron chi connectivity index (χ4n) is 1.67. The van der Waals surface area contributed by atoms with Crippen molar-refractivity contribution in [3.05, 3.63) is 59.7 Å². The third-order valence-electron chi connectivity index (χ3n) is 2.65. The first-order valence-electron chi connectivity index (χ1n) is 5.43. The number of rotatable bonds is 4. The monoisotopic (exact) mass is 300 g/mol. The fourth-order valence-corrected chi connectivity index (χ4v) is 1.67. The lowest BCUT2D eigenvalue weighted by molar-refractivity contribution is 1.19. The van der Waals surface area contributed by atoms with Crippen molar-refractivity contribution in [2.75, 3.05) is 10.9 Å². The summed E-state index contributed by atoms with van der Waals surface area (Å²) in [5.41, 5.74) is 9.54. The zero-order valence-corrected chi connectivity index (χ0v) is 11.9. The van der Waals surface area contributed by atoms with E-state index in [9.17, 15) is 0 Å². The molecule has 0 bridgehead atoms. The maximum atomic E-state index is 5.32. The topological polar surface area (TPSA) is 76.1 Å². The molecule has 4 nitrogen and oxygen atoms in total. The van der Waals surface area contributed by atoms with Gasteiger partial charge in [0.1, 0.15) is 0 Å². The molecule has 6 N–H and O–H groups in total. The first kappa shape index (κ1) is 17.5. The molecule has 2 rings (SSSR count). The maximum absolute atomic E-state index is 5.32. The van der Waals surface area contributed by atoms with Crippen LogP contribution in [0.4, 0.5) is 11.4 Å². The Hall–Kier alpha value is -1.46. The zero-order chi connectivity index (χ0) is 12.1. The average molecular weight is 301 g/mol. The molecule has 0 unspecified atom stereocenters. The molecule has 0 aliphatic heterocycles. The first-order valence-corrected chi connectivity index (χ1v) is 5.43. The molecule has 0 spiro atoms. The molecule has 0 atom stereocenters. The third-order valence-corrected chi connectivity index (χ3v) is 2.65. The van der Waals surface area contributed by atoms with Crippen LogP contribution in [0.3, 0.4) is 0 Å². The minimum atomic E-state index is 0. The van der Waals surface area contributed by atoms with Crippen LogP contribution < -0.4 is 22.5 Å². The van der Waals surface area contributed by atoms with Crippen molar-refractivity contribution in [3.63, 3.8) is 0 Å². The van der Waals surface area contributed by atoms with Crippen LogP contribution in [-0.4, -0.2) is 0 Å². The normalized spacial score (nSPS) is 8.95. The van der Waals surface area contributed by atoms with Gasteiger partial charge < -0.3 is 10.9 Å². The van der Waals surface area contributed by atoms with E-state index in [1.807, 2.05) is 24.3 Å². The van der Waals surface area contributed by atoms with E-state index in [0.717, 1.165) is 17.8 Å². The van der Waals surface area contributed by atoms with Gasteiger partial charge in [-0.05, 0) is 41.8 Å². The average Bonchev–Trinajstić information content (AvgIpc) is 2.40. The molecule has 0 saturated heterocycles. The van der Waals surface area contributed by atoms with E-state index in [1.54, 1.807) is 0 Å². The Kier molecular flexibility index (Phi) is 7.95. The van der Waals surface area contributed by atoms with Gasteiger partial charge in [0.05, 0.1) is 0 Å². The summed E-state index contributed by atoms with van der Waals surface area (Å²) in [5.74, 6) is 10.6. The van der Waals surface area contributed by atoms with Crippen LogP contribution in [-0.2, 0) is 6.42 Å². The Morgan fingerprint density at radius 2 is 0.947 bits per heavy atom. The van der Waals surface area contributed by atoms with Crippen LogP contribution in [0.25, 0.3) is 0 Å². The van der Waals surface area contributed by atoms with E-state index in [2.05, 4.69) is 35.1 Å². The maximum Gasteiger partial charge on any atom is 0.0485 e. The number of nitrogen functional groups attached to an aromatic ring is 2. The lowest BCUT2D eigenvalue weighted by Crippen LogP contribution is -2.06. The smallest absolute Gasteiger partial charge is 0.0485 e. The highest BCUT2D eigenvalue weighted by Gasteiger charge is 1.97. The van der Waals surface area contributed by atoms with E-state index in [0.29, 0.717) is 0 Å². The van der Waals surface area contributed by atoms with Crippen LogP contribution in [0.2, 0.25) is 0 Å². The number of nitrogens with two attached hydrogens (primary N) is 2. The van der Waals surface area contributed by atoms with Crippen LogP contribution in [0, 0.1) is 0 Å². The van der Waals surface area contributed by atoms with Gasteiger partial charge in [-0.2, -0.15) is 0 Å². The molecule has 0 saturated carbocycles. The van der Waals surface area contributed by atoms with Crippen molar-refractivity contribution in [2.45, 2.75) is 6.42 Å². The van der Waals surface area contributed by atoms with Crippen LogP contribution in [0.5, 0.6) is 0 Å². The number of halogens is 2. The van der Waals surface area contributed by atoms with Gasteiger partial charge in [-0.1, -0.05) is 24.3 Å². The summed E-state index contributed by atoms with van der Waals surface area (Å²) in [6.07, 6.45) is 0.899. The molecule has 0 aliphatic carbocycles. The van der Waals surface area contributed by atoms with Gasteiger partial charge in [0.25, 0.3) is 0 Å². The van der Waals surface area contributed by atoms with Gasteiger partial charge in [0.2, 0.25) is 0 Å². The SMILES string of the molecule is Cl.Cl.NNc1ccc(Cc2ccc(NN)cc2)cc1. The molecule has 2 aromatic carbocycles. The Morgan fingerprint density at radius 3 is 1.21 bits per heavy atom. The zero-order valence-electron chi connectivity index (χ0n) is 10.3. The molecule has 6 heteroatoms. The quantitative estimate of drug-likeness (QED) is 0.517. The summed E-state index contributed by atoms with van der Waals surface area (Å²) >= 11 is 0. The second-order valence-electron chi connectivity index (χ2n) is 3.86. The summed E-state index contributed by atoms with van der Waals surface area (Å²) in [5, 5.41) is 0. The minimum Gasteiger partial charge on any atom is -0.324 e. The predicted octanol–water partition coefficient (Wildman–Crippen LogP) is 2.69. The number of benzene rings is 2. The molecule has 104 valence electrons. The molecule has 0 heterocycles. The van der Waals surface area contributed by atoms with Crippen LogP contribution in [0.15, 0.2) is 48.5 Å². The summed E-state index contributed by atoms with van der Waals surface area (Å²) in [7, 11) is 0. The Labute approximate surface area is 125 Å². The Morgan fingerprint density at radius 1 is 0.632 bits per heavy atom. The van der Waals surface area contributed by atoms with Gasteiger partial charge in [-0.15, -0.1) is 24.8 Å². The molecule has 2 aromatic rings. The highest BCUT2D eigenvalue weighted by Crippen LogP contribution is 2.14. The van der Waals surface area contributed by atoms with Crippen LogP contribution >= 0.6 is 24.8 Å². The van der Waals surface area contributed by atoms with Gasteiger partial charge in [-0.25, -0.2) is 0 Å². The molecular formula is C13H18Cl2N4. The molecule has 0 radical (unpaired) electrons. The molecule has 0 amide bonds. The van der Waals surface area contributed by atoms with Gasteiger partial charge >= 0.3 is 0 Å². The summed E-state index contributed by atoms with van der Waals surface area (Å²) < 4.78 is 0. The summed E-state index contributed by atoms with van der Waals surface area (Å²) in [6.45, 7) is 0. The fraction of sp³-hybridized carbons (Fsp3) is 0.0769. The van der Waals surface area contributed by atoms with Crippen molar-refractivity contribution in [1.29, 1.82) is 0 Å². The predicted molar refractivity (Wildman–Crippen MR) is 85.8 cm³/mol. The summed E-state index contributed by atoms with van der Waals surface area (Å²) in [6, 6.07) is 16.1. The standard InChI is InChI=1S/C13H16N4.2ClH/c14-16-12-5-1-10(2-6-12)9-11-3-7-13(17-15)8-4-11;;/h1-8,16-17H,9,14-15H2;2*1H. The number of anilines is 2. The van der Waals surface area contributed by atoms with E-state index in [4.69, 9.17) is 11.7 Å². The van der Waals surface area contributed by atoms with E-state index in [-0.39, 0.29) is 24.8 Å². The van der Waals surface area contributed by atoms with E-state index < -0.39 is 0 Å². The van der Waals surface area contributed by atoms with Gasteiger partial charge in [-0.3, -0.25) is 11.7 Å². The molecule has 0 aromatic heterocycles. The number of hydrazine groups is 2. The summed E-state index contributed by atoms with van der Waals surface area (Å²) in [4.78, 5) is 0. The molecule has 19 heavy (non-hydrogen) atoms. The highest BCUT2D eigenvalue weighted by molar-refractivity contribution is 5.85. The van der Waals surface area contributed by atoms with Crippen LogP contribution in [0.1, 0.15) is 11.1 Å². The number of hydrogen-bond donors (Lipinski definition) is 4. The largest absolute Gasteiger partial charge is 0.324 e. The number of hydrogen-bond acceptors (Lipinski definition) is 4. The van der Waals surface area contributed by atoms with Crippen molar-refractivity contribution in [1.82, 2.24) is 0 Å².